The Kier molecular flexibility index (Phi) is 4.99. The van der Waals surface area contributed by atoms with E-state index in [1.165, 1.54) is 26.4 Å². The SMILES string of the molecule is COc1ccc(NS(=O)(=O)c2cc(C(=O)O)ccc2OC)cc1C. The molecule has 0 fully saturated rings. The summed E-state index contributed by atoms with van der Waals surface area (Å²) in [5.74, 6) is -0.546. The van der Waals surface area contributed by atoms with Crippen molar-refractivity contribution in [3.05, 3.63) is 47.5 Å². The Labute approximate surface area is 139 Å². The van der Waals surface area contributed by atoms with E-state index in [1.54, 1.807) is 25.1 Å². The molecule has 0 aliphatic carbocycles. The Hall–Kier alpha value is -2.74. The van der Waals surface area contributed by atoms with Crippen LogP contribution in [0.4, 0.5) is 5.69 Å². The van der Waals surface area contributed by atoms with Crippen molar-refractivity contribution in [2.75, 3.05) is 18.9 Å². The topological polar surface area (TPSA) is 102 Å². The molecule has 0 saturated carbocycles. The van der Waals surface area contributed by atoms with Gasteiger partial charge in [0.25, 0.3) is 10.0 Å². The number of aromatic carboxylic acids is 1. The predicted molar refractivity (Wildman–Crippen MR) is 88.5 cm³/mol. The molecule has 0 amide bonds. The summed E-state index contributed by atoms with van der Waals surface area (Å²) in [6.45, 7) is 1.78. The van der Waals surface area contributed by atoms with Gasteiger partial charge in [0.05, 0.1) is 19.8 Å². The van der Waals surface area contributed by atoms with E-state index in [4.69, 9.17) is 14.6 Å². The molecule has 0 aliphatic rings. The Morgan fingerprint density at radius 1 is 1.04 bits per heavy atom. The summed E-state index contributed by atoms with van der Waals surface area (Å²) in [5, 5.41) is 9.05. The van der Waals surface area contributed by atoms with Crippen molar-refractivity contribution in [2.24, 2.45) is 0 Å². The Bertz CT molecular complexity index is 876. The summed E-state index contributed by atoms with van der Waals surface area (Å²) in [7, 11) is -1.19. The third-order valence-corrected chi connectivity index (χ3v) is 4.75. The van der Waals surface area contributed by atoms with Crippen LogP contribution in [0.5, 0.6) is 11.5 Å². The zero-order chi connectivity index (χ0) is 17.9. The standard InChI is InChI=1S/C16H17NO6S/c1-10-8-12(5-7-13(10)22-2)17-24(20,21)15-9-11(16(18)19)4-6-14(15)23-3/h4-9,17H,1-3H3,(H,18,19). The van der Waals surface area contributed by atoms with Crippen molar-refractivity contribution >= 4 is 21.7 Å². The van der Waals surface area contributed by atoms with Crippen LogP contribution in [0.1, 0.15) is 15.9 Å². The smallest absolute Gasteiger partial charge is 0.335 e. The fourth-order valence-corrected chi connectivity index (χ4v) is 3.42. The fraction of sp³-hybridized carbons (Fsp3) is 0.188. The molecular weight excluding hydrogens is 334 g/mol. The minimum atomic E-state index is -4.03. The first kappa shape index (κ1) is 17.6. The third-order valence-electron chi connectivity index (χ3n) is 3.35. The average Bonchev–Trinajstić information content (AvgIpc) is 2.54. The van der Waals surface area contributed by atoms with Crippen LogP contribution in [-0.2, 0) is 10.0 Å². The van der Waals surface area contributed by atoms with E-state index in [9.17, 15) is 13.2 Å². The first-order valence-corrected chi connectivity index (χ1v) is 8.35. The molecule has 8 heteroatoms. The van der Waals surface area contributed by atoms with E-state index in [-0.39, 0.29) is 16.2 Å². The van der Waals surface area contributed by atoms with Gasteiger partial charge in [-0.2, -0.15) is 0 Å². The van der Waals surface area contributed by atoms with Crippen molar-refractivity contribution in [3.63, 3.8) is 0 Å². The number of anilines is 1. The molecule has 2 aromatic rings. The minimum Gasteiger partial charge on any atom is -0.496 e. The van der Waals surface area contributed by atoms with E-state index in [0.29, 0.717) is 11.4 Å². The average molecular weight is 351 g/mol. The molecule has 2 N–H and O–H groups in total. The number of ether oxygens (including phenoxy) is 2. The number of hydrogen-bond donors (Lipinski definition) is 2. The maximum absolute atomic E-state index is 12.6. The minimum absolute atomic E-state index is 0.0535. The molecule has 0 saturated heterocycles. The maximum Gasteiger partial charge on any atom is 0.335 e. The Balaban J connectivity index is 2.45. The van der Waals surface area contributed by atoms with Crippen molar-refractivity contribution in [2.45, 2.75) is 11.8 Å². The summed E-state index contributed by atoms with van der Waals surface area (Å²) >= 11 is 0. The van der Waals surface area contributed by atoms with Crippen LogP contribution < -0.4 is 14.2 Å². The first-order valence-electron chi connectivity index (χ1n) is 6.87. The summed E-state index contributed by atoms with van der Waals surface area (Å²) in [4.78, 5) is 10.8. The van der Waals surface area contributed by atoms with Gasteiger partial charge in [0.15, 0.2) is 0 Å². The van der Waals surface area contributed by atoms with E-state index in [0.717, 1.165) is 11.6 Å². The number of carboxylic acids is 1. The number of carbonyl (C=O) groups is 1. The number of aryl methyl sites for hydroxylation is 1. The highest BCUT2D eigenvalue weighted by molar-refractivity contribution is 7.92. The Morgan fingerprint density at radius 3 is 2.21 bits per heavy atom. The fourth-order valence-electron chi connectivity index (χ4n) is 2.17. The van der Waals surface area contributed by atoms with Crippen LogP contribution in [0, 0.1) is 6.92 Å². The van der Waals surface area contributed by atoms with Crippen molar-refractivity contribution in [1.29, 1.82) is 0 Å². The van der Waals surface area contributed by atoms with Gasteiger partial charge < -0.3 is 14.6 Å². The summed E-state index contributed by atoms with van der Waals surface area (Å²) < 4.78 is 37.8. The van der Waals surface area contributed by atoms with E-state index >= 15 is 0 Å². The van der Waals surface area contributed by atoms with Crippen molar-refractivity contribution in [3.8, 4) is 11.5 Å². The molecule has 0 radical (unpaired) electrons. The van der Waals surface area contributed by atoms with Gasteiger partial charge in [0.2, 0.25) is 0 Å². The lowest BCUT2D eigenvalue weighted by Gasteiger charge is -2.13. The molecule has 0 bridgehead atoms. The van der Waals surface area contributed by atoms with Crippen molar-refractivity contribution in [1.82, 2.24) is 0 Å². The third kappa shape index (κ3) is 3.60. The number of benzene rings is 2. The molecule has 0 heterocycles. The lowest BCUT2D eigenvalue weighted by atomic mass is 10.2. The quantitative estimate of drug-likeness (QED) is 0.829. The number of methoxy groups -OCH3 is 2. The monoisotopic (exact) mass is 351 g/mol. The molecule has 2 aromatic carbocycles. The van der Waals surface area contributed by atoms with E-state index in [2.05, 4.69) is 4.72 Å². The normalized spacial score (nSPS) is 11.0. The van der Waals surface area contributed by atoms with Crippen molar-refractivity contribution < 1.29 is 27.8 Å². The van der Waals surface area contributed by atoms with Gasteiger partial charge in [-0.1, -0.05) is 0 Å². The van der Waals surface area contributed by atoms with E-state index < -0.39 is 16.0 Å². The Morgan fingerprint density at radius 2 is 1.67 bits per heavy atom. The van der Waals surface area contributed by atoms with Crippen LogP contribution in [0.3, 0.4) is 0 Å². The highest BCUT2D eigenvalue weighted by atomic mass is 32.2. The lowest BCUT2D eigenvalue weighted by molar-refractivity contribution is 0.0696. The van der Waals surface area contributed by atoms with Gasteiger partial charge in [-0.3, -0.25) is 4.72 Å². The second kappa shape index (κ2) is 6.79. The van der Waals surface area contributed by atoms with Gasteiger partial charge in [-0.15, -0.1) is 0 Å². The second-order valence-corrected chi connectivity index (χ2v) is 6.61. The molecule has 2 rings (SSSR count). The number of rotatable bonds is 6. The molecule has 7 nitrogen and oxygen atoms in total. The van der Waals surface area contributed by atoms with Gasteiger partial charge in [0.1, 0.15) is 16.4 Å². The molecule has 0 aliphatic heterocycles. The van der Waals surface area contributed by atoms with Gasteiger partial charge in [-0.05, 0) is 48.9 Å². The molecule has 0 atom stereocenters. The van der Waals surface area contributed by atoms with Gasteiger partial charge in [-0.25, -0.2) is 13.2 Å². The van der Waals surface area contributed by atoms with Crippen LogP contribution in [0.15, 0.2) is 41.3 Å². The number of sulfonamides is 1. The summed E-state index contributed by atoms with van der Waals surface area (Å²) in [6.07, 6.45) is 0. The molecule has 24 heavy (non-hydrogen) atoms. The molecule has 0 unspecified atom stereocenters. The number of carboxylic acid groups (broad SMARTS) is 1. The maximum atomic E-state index is 12.6. The predicted octanol–water partition coefficient (Wildman–Crippen LogP) is 2.51. The van der Waals surface area contributed by atoms with Gasteiger partial charge >= 0.3 is 5.97 Å². The zero-order valence-corrected chi connectivity index (χ0v) is 14.2. The second-order valence-electron chi connectivity index (χ2n) is 4.96. The van der Waals surface area contributed by atoms with E-state index in [1.807, 2.05) is 0 Å². The lowest BCUT2D eigenvalue weighted by Crippen LogP contribution is -2.15. The largest absolute Gasteiger partial charge is 0.496 e. The van der Waals surface area contributed by atoms with Gasteiger partial charge in [0, 0.05) is 5.69 Å². The zero-order valence-electron chi connectivity index (χ0n) is 13.4. The molecule has 0 spiro atoms. The first-order chi connectivity index (χ1) is 11.3. The molecule has 128 valence electrons. The molecular formula is C16H17NO6S. The van der Waals surface area contributed by atoms with Crippen LogP contribution in [-0.4, -0.2) is 33.7 Å². The summed E-state index contributed by atoms with van der Waals surface area (Å²) in [5.41, 5.74) is 0.933. The van der Waals surface area contributed by atoms with Crippen LogP contribution in [0.25, 0.3) is 0 Å². The highest BCUT2D eigenvalue weighted by Crippen LogP contribution is 2.28. The number of hydrogen-bond acceptors (Lipinski definition) is 5. The molecule has 0 aromatic heterocycles. The number of nitrogens with one attached hydrogen (secondary N) is 1. The van der Waals surface area contributed by atoms with Crippen LogP contribution in [0.2, 0.25) is 0 Å². The highest BCUT2D eigenvalue weighted by Gasteiger charge is 2.22. The summed E-state index contributed by atoms with van der Waals surface area (Å²) in [6, 6.07) is 8.44. The van der Waals surface area contributed by atoms with Crippen LogP contribution >= 0.6 is 0 Å².